The molecule has 17 nitrogen and oxygen atoms in total. The van der Waals surface area contributed by atoms with Crippen LogP contribution in [0.25, 0.3) is 0 Å². The second-order valence-electron chi connectivity index (χ2n) is 13.6. The van der Waals surface area contributed by atoms with Crippen molar-refractivity contribution >= 4 is 23.5 Å². The fraction of sp³-hybridized carbons (Fsp3) is 0.750. The van der Waals surface area contributed by atoms with Gasteiger partial charge in [-0.2, -0.15) is 0 Å². The molecule has 50 heavy (non-hydrogen) atoms. The van der Waals surface area contributed by atoms with Crippen molar-refractivity contribution in [2.45, 2.75) is 76.7 Å². The number of allylic oxidation sites excluding steroid dienone is 4. The largest absolute Gasteiger partial charge is 0.456 e. The highest BCUT2D eigenvalue weighted by molar-refractivity contribution is 5.94. The van der Waals surface area contributed by atoms with Crippen LogP contribution < -0.4 is 0 Å². The lowest BCUT2D eigenvalue weighted by Crippen LogP contribution is -2.69. The van der Waals surface area contributed by atoms with Gasteiger partial charge < -0.3 is 33.7 Å². The number of carbonyl (C=O) groups excluding carboxylic acids is 4. The van der Waals surface area contributed by atoms with E-state index < -0.39 is 93.7 Å². The number of carbonyl (C=O) groups is 4. The molecule has 4 rings (SSSR count). The molecule has 0 amide bonds. The molecule has 2 fully saturated rings. The average molecular weight is 715 g/mol. The number of nitrogens with zero attached hydrogens (tertiary/aromatic N) is 2. The number of aliphatic hydroxyl groups is 1. The van der Waals surface area contributed by atoms with E-state index in [1.165, 1.54) is 12.2 Å². The molecule has 278 valence electrons. The van der Waals surface area contributed by atoms with Gasteiger partial charge >= 0.3 is 11.9 Å². The zero-order valence-electron chi connectivity index (χ0n) is 28.2. The number of alkyl halides is 1. The molecule has 0 heterocycles. The third kappa shape index (κ3) is 7.23. The number of Topliss-reactive ketones (excluding diaryl/α,β-unsaturated/α-hetero) is 1. The monoisotopic (exact) mass is 714 g/mol. The van der Waals surface area contributed by atoms with Crippen molar-refractivity contribution in [2.75, 3.05) is 46.2 Å². The van der Waals surface area contributed by atoms with E-state index in [1.54, 1.807) is 20.8 Å². The van der Waals surface area contributed by atoms with E-state index in [0.717, 1.165) is 0 Å². The molecule has 0 aromatic heterocycles. The first-order valence-corrected chi connectivity index (χ1v) is 16.4. The van der Waals surface area contributed by atoms with E-state index in [1.807, 2.05) is 6.08 Å². The predicted molar refractivity (Wildman–Crippen MR) is 164 cm³/mol. The highest BCUT2D eigenvalue weighted by atomic mass is 19.1. The van der Waals surface area contributed by atoms with E-state index in [9.17, 15) is 44.5 Å². The third-order valence-corrected chi connectivity index (χ3v) is 10.9. The number of hydrogen-bond donors (Lipinski definition) is 1. The Kier molecular flexibility index (Phi) is 12.0. The number of fused-ring (bicyclic) bond motifs is 5. The Morgan fingerprint density at radius 1 is 0.980 bits per heavy atom. The maximum atomic E-state index is 17.7. The quantitative estimate of drug-likeness (QED) is 0.0705. The fourth-order valence-electron chi connectivity index (χ4n) is 8.73. The van der Waals surface area contributed by atoms with Crippen molar-refractivity contribution in [2.24, 2.45) is 28.6 Å². The van der Waals surface area contributed by atoms with Gasteiger partial charge in [-0.15, -0.1) is 20.2 Å². The summed E-state index contributed by atoms with van der Waals surface area (Å²) in [6.07, 6.45) is 2.67. The molecule has 0 spiro atoms. The number of ether oxygens (including phenoxy) is 4. The van der Waals surface area contributed by atoms with Crippen LogP contribution in [-0.4, -0.2) is 102 Å². The van der Waals surface area contributed by atoms with Crippen LogP contribution in [0, 0.1) is 48.8 Å². The zero-order valence-corrected chi connectivity index (χ0v) is 28.2. The molecule has 0 aliphatic heterocycles. The Bertz CT molecular complexity index is 1420. The Morgan fingerprint density at radius 3 is 2.34 bits per heavy atom. The Labute approximate surface area is 286 Å². The lowest BCUT2D eigenvalue weighted by atomic mass is 9.45. The molecule has 8 atom stereocenters. The summed E-state index contributed by atoms with van der Waals surface area (Å²) >= 11 is 0. The molecular formula is C32H43FN2O15. The number of aliphatic hydroxyl groups excluding tert-OH is 1. The van der Waals surface area contributed by atoms with E-state index in [0.29, 0.717) is 5.57 Å². The van der Waals surface area contributed by atoms with Crippen molar-refractivity contribution in [1.82, 2.24) is 0 Å². The zero-order chi connectivity index (χ0) is 36.9. The van der Waals surface area contributed by atoms with E-state index in [4.69, 9.17) is 18.9 Å². The standard InChI is InChI=1S/C32H43FN2O15/c1-20-15-24-23-7-6-21-16-22(36)8-9-29(21,2)31(23,33)25(37)17-30(24,3)32(20,50-27(39)5-4-10-48-34(41)42)26(38)18-47-28(40)19-46-12-11-45-13-14-49-35(43)44/h6,8-9,20,23-25,37H,4-5,7,10-19H2,1-3H3/t20-,23?,24?,25+,29+,30+,31+,32+/m1/s1. The van der Waals surface area contributed by atoms with E-state index in [-0.39, 0.29) is 70.7 Å². The molecular weight excluding hydrogens is 671 g/mol. The first-order chi connectivity index (χ1) is 23.5. The normalized spacial score (nSPS) is 34.0. The highest BCUT2D eigenvalue weighted by Gasteiger charge is 2.77. The van der Waals surface area contributed by atoms with Crippen molar-refractivity contribution in [3.63, 3.8) is 0 Å². The van der Waals surface area contributed by atoms with Crippen molar-refractivity contribution in [3.05, 3.63) is 44.0 Å². The topological polar surface area (TPSA) is 230 Å². The second-order valence-corrected chi connectivity index (χ2v) is 13.6. The summed E-state index contributed by atoms with van der Waals surface area (Å²) in [5, 5.41) is 30.5. The van der Waals surface area contributed by atoms with Crippen molar-refractivity contribution in [3.8, 4) is 0 Å². The minimum absolute atomic E-state index is 0.0162. The lowest BCUT2D eigenvalue weighted by molar-refractivity contribution is -0.758. The summed E-state index contributed by atoms with van der Waals surface area (Å²) in [5.41, 5.74) is -6.25. The van der Waals surface area contributed by atoms with Gasteiger partial charge in [0.25, 0.3) is 10.2 Å². The number of rotatable bonds is 18. The van der Waals surface area contributed by atoms with Gasteiger partial charge in [0, 0.05) is 35.5 Å². The molecule has 0 aromatic rings. The van der Waals surface area contributed by atoms with Gasteiger partial charge in [0.15, 0.2) is 23.7 Å². The average Bonchev–Trinajstić information content (AvgIpc) is 3.26. The summed E-state index contributed by atoms with van der Waals surface area (Å²) in [7, 11) is 0. The molecule has 2 saturated carbocycles. The maximum absolute atomic E-state index is 17.7. The van der Waals surface area contributed by atoms with Gasteiger partial charge in [-0.3, -0.25) is 14.4 Å². The molecule has 4 aliphatic rings. The first-order valence-electron chi connectivity index (χ1n) is 16.4. The maximum Gasteiger partial charge on any atom is 0.332 e. The number of esters is 2. The molecule has 4 aliphatic carbocycles. The SMILES string of the molecule is C[C@@H]1CC2C3CC=C4CC(=O)C=C[C@]4(C)[C@@]3(F)[C@@H](O)C[C@]2(C)[C@@]1(OC(=O)CCCO[N+](=O)[O-])C(=O)COC(=O)COCCOCCO[N+](=O)[O-]. The number of halogens is 1. The van der Waals surface area contributed by atoms with Gasteiger partial charge in [0.2, 0.25) is 5.78 Å². The Balaban J connectivity index is 1.53. The van der Waals surface area contributed by atoms with Gasteiger partial charge in [0.05, 0.1) is 32.5 Å². The number of ketones is 2. The summed E-state index contributed by atoms with van der Waals surface area (Å²) in [5.74, 6) is -4.93. The first kappa shape index (κ1) is 38.8. The summed E-state index contributed by atoms with van der Waals surface area (Å²) in [6, 6.07) is 0. The predicted octanol–water partition coefficient (Wildman–Crippen LogP) is 2.23. The molecule has 0 radical (unpaired) electrons. The van der Waals surface area contributed by atoms with Gasteiger partial charge in [0.1, 0.15) is 13.2 Å². The van der Waals surface area contributed by atoms with Crippen LogP contribution in [-0.2, 0) is 47.8 Å². The Morgan fingerprint density at radius 2 is 1.64 bits per heavy atom. The van der Waals surface area contributed by atoms with E-state index >= 15 is 4.39 Å². The van der Waals surface area contributed by atoms with Crippen LogP contribution >= 0.6 is 0 Å². The van der Waals surface area contributed by atoms with Crippen LogP contribution in [0.15, 0.2) is 23.8 Å². The fourth-order valence-corrected chi connectivity index (χ4v) is 8.73. The second kappa shape index (κ2) is 15.5. The molecule has 0 saturated heterocycles. The Hall–Kier alpha value is -4.03. The van der Waals surface area contributed by atoms with Gasteiger partial charge in [-0.25, -0.2) is 9.18 Å². The number of hydrogen-bond acceptors (Lipinski definition) is 15. The highest BCUT2D eigenvalue weighted by Crippen LogP contribution is 2.71. The summed E-state index contributed by atoms with van der Waals surface area (Å²) < 4.78 is 39.2. The van der Waals surface area contributed by atoms with Crippen molar-refractivity contribution in [1.29, 1.82) is 0 Å². The van der Waals surface area contributed by atoms with Crippen LogP contribution in [0.5, 0.6) is 0 Å². The van der Waals surface area contributed by atoms with Crippen LogP contribution in [0.4, 0.5) is 4.39 Å². The summed E-state index contributed by atoms with van der Waals surface area (Å²) in [6.45, 7) is 2.71. The molecule has 18 heteroatoms. The third-order valence-electron chi connectivity index (χ3n) is 10.9. The van der Waals surface area contributed by atoms with Gasteiger partial charge in [-0.05, 0) is 44.6 Å². The molecule has 2 unspecified atom stereocenters. The lowest BCUT2D eigenvalue weighted by Gasteiger charge is -2.62. The minimum Gasteiger partial charge on any atom is -0.456 e. The van der Waals surface area contributed by atoms with Crippen LogP contribution in [0.2, 0.25) is 0 Å². The molecule has 0 bridgehead atoms. The summed E-state index contributed by atoms with van der Waals surface area (Å²) in [4.78, 5) is 81.3. The molecule has 1 N–H and O–H groups in total. The molecule has 0 aromatic carbocycles. The van der Waals surface area contributed by atoms with E-state index in [2.05, 4.69) is 9.68 Å². The van der Waals surface area contributed by atoms with Gasteiger partial charge in [-0.1, -0.05) is 31.6 Å². The minimum atomic E-state index is -2.21. The van der Waals surface area contributed by atoms with Crippen molar-refractivity contribution < 1.29 is 67.5 Å². The van der Waals surface area contributed by atoms with Crippen LogP contribution in [0.1, 0.15) is 59.3 Å². The van der Waals surface area contributed by atoms with Crippen LogP contribution in [0.3, 0.4) is 0 Å². The smallest absolute Gasteiger partial charge is 0.332 e.